The van der Waals surface area contributed by atoms with E-state index in [4.69, 9.17) is 5.11 Å². The molecule has 2 heterocycles. The number of pyridine rings is 1. The lowest BCUT2D eigenvalue weighted by Gasteiger charge is -2.14. The third-order valence-corrected chi connectivity index (χ3v) is 5.26. The highest BCUT2D eigenvalue weighted by Crippen LogP contribution is 2.29. The zero-order chi connectivity index (χ0) is 21.8. The quantitative estimate of drug-likeness (QED) is 0.403. The van der Waals surface area contributed by atoms with Crippen molar-refractivity contribution >= 4 is 17.2 Å². The maximum Gasteiger partial charge on any atom is 0.259 e. The molecule has 4 rings (SSSR count). The first-order valence-corrected chi connectivity index (χ1v) is 10.2. The summed E-state index contributed by atoms with van der Waals surface area (Å²) in [5.74, 6) is 0.463. The molecule has 158 valence electrons. The average molecular weight is 415 g/mol. The fourth-order valence-corrected chi connectivity index (χ4v) is 3.63. The molecule has 0 saturated carbocycles. The number of rotatable bonds is 7. The average Bonchev–Trinajstić information content (AvgIpc) is 3.16. The zero-order valence-corrected chi connectivity index (χ0v) is 17.6. The Hall–Kier alpha value is -3.55. The number of hydrogen-bond acceptors (Lipinski definition) is 5. The standard InChI is InChI=1S/C24H25N5O2/c1-16-20(19-7-4-3-5-8-19)9-6-10-22(16)26-24(31)21-13-18(14-25-11-12-30)15-29-17(2)27-28-23(21)29/h3-10,13,15,25,30H,11-12,14H2,1-2H3,(H,26,31). The van der Waals surface area contributed by atoms with Crippen molar-refractivity contribution in [1.29, 1.82) is 0 Å². The summed E-state index contributed by atoms with van der Waals surface area (Å²) in [6, 6.07) is 17.8. The van der Waals surface area contributed by atoms with Crippen molar-refractivity contribution in [3.8, 4) is 11.1 Å². The van der Waals surface area contributed by atoms with Crippen LogP contribution in [0, 0.1) is 13.8 Å². The van der Waals surface area contributed by atoms with E-state index in [0.29, 0.717) is 30.1 Å². The van der Waals surface area contributed by atoms with Gasteiger partial charge in [-0.05, 0) is 48.2 Å². The van der Waals surface area contributed by atoms with Gasteiger partial charge in [0.1, 0.15) is 5.82 Å². The number of amides is 1. The van der Waals surface area contributed by atoms with Gasteiger partial charge in [-0.15, -0.1) is 10.2 Å². The molecule has 7 heteroatoms. The number of aromatic nitrogens is 3. The first kappa shape index (κ1) is 20.7. The van der Waals surface area contributed by atoms with Crippen LogP contribution in [0.3, 0.4) is 0 Å². The molecule has 7 nitrogen and oxygen atoms in total. The van der Waals surface area contributed by atoms with E-state index in [-0.39, 0.29) is 12.5 Å². The van der Waals surface area contributed by atoms with E-state index in [1.807, 2.05) is 66.9 Å². The number of nitrogens with one attached hydrogen (secondary N) is 2. The van der Waals surface area contributed by atoms with Gasteiger partial charge in [0.2, 0.25) is 0 Å². The Kier molecular flexibility index (Phi) is 6.06. The zero-order valence-electron chi connectivity index (χ0n) is 17.6. The molecular formula is C24H25N5O2. The van der Waals surface area contributed by atoms with Crippen LogP contribution in [0.5, 0.6) is 0 Å². The normalized spacial score (nSPS) is 11.1. The van der Waals surface area contributed by atoms with Gasteiger partial charge in [0.25, 0.3) is 5.91 Å². The Labute approximate surface area is 180 Å². The number of aryl methyl sites for hydroxylation is 1. The molecule has 0 aliphatic carbocycles. The lowest BCUT2D eigenvalue weighted by Crippen LogP contribution is -2.19. The van der Waals surface area contributed by atoms with E-state index in [1.165, 1.54) is 0 Å². The van der Waals surface area contributed by atoms with E-state index in [0.717, 1.165) is 27.9 Å². The molecule has 0 bridgehead atoms. The Morgan fingerprint density at radius 2 is 1.87 bits per heavy atom. The number of aliphatic hydroxyl groups is 1. The van der Waals surface area contributed by atoms with Crippen molar-refractivity contribution < 1.29 is 9.90 Å². The summed E-state index contributed by atoms with van der Waals surface area (Å²) in [7, 11) is 0. The number of aliphatic hydroxyl groups excluding tert-OH is 1. The number of anilines is 1. The lowest BCUT2D eigenvalue weighted by molar-refractivity contribution is 0.102. The molecule has 0 aliphatic heterocycles. The number of carbonyl (C=O) groups excluding carboxylic acids is 1. The smallest absolute Gasteiger partial charge is 0.259 e. The van der Waals surface area contributed by atoms with Crippen molar-refractivity contribution in [2.45, 2.75) is 20.4 Å². The van der Waals surface area contributed by atoms with E-state index in [2.05, 4.69) is 33.0 Å². The van der Waals surface area contributed by atoms with Crippen LogP contribution in [-0.4, -0.2) is 38.8 Å². The van der Waals surface area contributed by atoms with Crippen molar-refractivity contribution in [2.24, 2.45) is 0 Å². The Bertz CT molecular complexity index is 1220. The molecule has 3 N–H and O–H groups in total. The summed E-state index contributed by atoms with van der Waals surface area (Å²) in [5, 5.41) is 23.5. The van der Waals surface area contributed by atoms with E-state index >= 15 is 0 Å². The molecule has 0 saturated heterocycles. The fraction of sp³-hybridized carbons (Fsp3) is 0.208. The monoisotopic (exact) mass is 415 g/mol. The highest BCUT2D eigenvalue weighted by atomic mass is 16.3. The van der Waals surface area contributed by atoms with Crippen molar-refractivity contribution in [3.63, 3.8) is 0 Å². The Morgan fingerprint density at radius 1 is 1.06 bits per heavy atom. The predicted molar refractivity (Wildman–Crippen MR) is 121 cm³/mol. The molecule has 4 aromatic rings. The van der Waals surface area contributed by atoms with Crippen LogP contribution in [0.2, 0.25) is 0 Å². The van der Waals surface area contributed by atoms with Crippen LogP contribution >= 0.6 is 0 Å². The Morgan fingerprint density at radius 3 is 2.65 bits per heavy atom. The maximum atomic E-state index is 13.3. The van der Waals surface area contributed by atoms with Crippen LogP contribution in [0.25, 0.3) is 16.8 Å². The topological polar surface area (TPSA) is 91.5 Å². The van der Waals surface area contributed by atoms with Crippen LogP contribution in [0.4, 0.5) is 5.69 Å². The Balaban J connectivity index is 1.67. The molecule has 31 heavy (non-hydrogen) atoms. The van der Waals surface area contributed by atoms with E-state index in [9.17, 15) is 4.79 Å². The minimum Gasteiger partial charge on any atom is -0.395 e. The summed E-state index contributed by atoms with van der Waals surface area (Å²) in [6.07, 6.45) is 1.91. The molecule has 1 amide bonds. The van der Waals surface area contributed by atoms with Crippen LogP contribution in [0.15, 0.2) is 60.8 Å². The number of fused-ring (bicyclic) bond motifs is 1. The van der Waals surface area contributed by atoms with Crippen LogP contribution in [0.1, 0.15) is 27.3 Å². The number of hydrogen-bond donors (Lipinski definition) is 3. The molecule has 0 radical (unpaired) electrons. The first-order chi connectivity index (χ1) is 15.1. The summed E-state index contributed by atoms with van der Waals surface area (Å²) in [6.45, 7) is 4.91. The molecular weight excluding hydrogens is 390 g/mol. The van der Waals surface area contributed by atoms with Gasteiger partial charge >= 0.3 is 0 Å². The second-order valence-corrected chi connectivity index (χ2v) is 7.40. The summed E-state index contributed by atoms with van der Waals surface area (Å²) in [5.41, 5.74) is 5.79. The lowest BCUT2D eigenvalue weighted by atomic mass is 9.99. The van der Waals surface area contributed by atoms with Gasteiger partial charge < -0.3 is 15.7 Å². The molecule has 0 unspecified atom stereocenters. The maximum absolute atomic E-state index is 13.3. The van der Waals surface area contributed by atoms with Gasteiger partial charge in [0.15, 0.2) is 5.65 Å². The highest BCUT2D eigenvalue weighted by molar-refractivity contribution is 6.09. The van der Waals surface area contributed by atoms with Gasteiger partial charge in [-0.25, -0.2) is 0 Å². The van der Waals surface area contributed by atoms with Gasteiger partial charge in [0.05, 0.1) is 12.2 Å². The summed E-state index contributed by atoms with van der Waals surface area (Å²) >= 11 is 0. The molecule has 0 fully saturated rings. The number of benzene rings is 2. The molecule has 0 atom stereocenters. The second kappa shape index (κ2) is 9.07. The van der Waals surface area contributed by atoms with Gasteiger partial charge in [-0.1, -0.05) is 42.5 Å². The molecule has 0 aliphatic rings. The van der Waals surface area contributed by atoms with Crippen molar-refractivity contribution in [3.05, 3.63) is 83.3 Å². The van der Waals surface area contributed by atoms with E-state index < -0.39 is 0 Å². The minimum absolute atomic E-state index is 0.0538. The van der Waals surface area contributed by atoms with Crippen LogP contribution in [-0.2, 0) is 6.54 Å². The van der Waals surface area contributed by atoms with Gasteiger partial charge in [-0.3, -0.25) is 9.20 Å². The SMILES string of the molecule is Cc1c(NC(=O)c2cc(CNCCO)cn3c(C)nnc23)cccc1-c1ccccc1. The van der Waals surface area contributed by atoms with Crippen molar-refractivity contribution in [2.75, 3.05) is 18.5 Å². The summed E-state index contributed by atoms with van der Waals surface area (Å²) < 4.78 is 1.82. The fourth-order valence-electron chi connectivity index (χ4n) is 3.63. The number of nitrogens with zero attached hydrogens (tertiary/aromatic N) is 3. The molecule has 0 spiro atoms. The first-order valence-electron chi connectivity index (χ1n) is 10.2. The summed E-state index contributed by atoms with van der Waals surface area (Å²) in [4.78, 5) is 13.3. The van der Waals surface area contributed by atoms with E-state index in [1.54, 1.807) is 0 Å². The highest BCUT2D eigenvalue weighted by Gasteiger charge is 2.17. The van der Waals surface area contributed by atoms with Gasteiger partial charge in [0, 0.05) is 25.0 Å². The number of carbonyl (C=O) groups is 1. The van der Waals surface area contributed by atoms with Crippen LogP contribution < -0.4 is 10.6 Å². The third kappa shape index (κ3) is 4.33. The largest absolute Gasteiger partial charge is 0.395 e. The van der Waals surface area contributed by atoms with Gasteiger partial charge in [-0.2, -0.15) is 0 Å². The molecule has 2 aromatic heterocycles. The third-order valence-electron chi connectivity index (χ3n) is 5.26. The predicted octanol–water partition coefficient (Wildman–Crippen LogP) is 3.35. The van der Waals surface area contributed by atoms with Crippen molar-refractivity contribution in [1.82, 2.24) is 19.9 Å². The minimum atomic E-state index is -0.241. The second-order valence-electron chi connectivity index (χ2n) is 7.40. The molecule has 2 aromatic carbocycles.